The van der Waals surface area contributed by atoms with Gasteiger partial charge in [0.25, 0.3) is 0 Å². The van der Waals surface area contributed by atoms with Crippen LogP contribution in [-0.4, -0.2) is 75.7 Å². The molecule has 15 nitrogen and oxygen atoms in total. The number of methoxy groups -OCH3 is 4. The smallest absolute Gasteiger partial charge is 0.427 e. The lowest BCUT2D eigenvalue weighted by atomic mass is 9.90. The second-order valence-electron chi connectivity index (χ2n) is 6.34. The molecule has 3 N–H and O–H groups in total. The Morgan fingerprint density at radius 1 is 0.939 bits per heavy atom. The number of nitrogens with zero attached hydrogens (tertiary/aromatic N) is 2. The zero-order chi connectivity index (χ0) is 25.3. The van der Waals surface area contributed by atoms with Crippen molar-refractivity contribution in [3.05, 3.63) is 11.3 Å². The van der Waals surface area contributed by atoms with Crippen LogP contribution >= 0.6 is 0 Å². The van der Waals surface area contributed by atoms with E-state index in [1.54, 1.807) is 0 Å². The largest absolute Gasteiger partial charge is 0.468 e. The van der Waals surface area contributed by atoms with E-state index < -0.39 is 41.7 Å². The van der Waals surface area contributed by atoms with Crippen molar-refractivity contribution >= 4 is 41.5 Å². The summed E-state index contributed by atoms with van der Waals surface area (Å²) >= 11 is 0. The monoisotopic (exact) mass is 471 g/mol. The number of allylic oxidation sites excluding steroid dienone is 1. The average Bonchev–Trinajstić information content (AvgIpc) is 2.81. The number of carbonyl (C=O) groups is 5. The first-order valence-electron chi connectivity index (χ1n) is 9.14. The predicted molar refractivity (Wildman–Crippen MR) is 109 cm³/mol. The molecule has 1 aliphatic rings. The van der Waals surface area contributed by atoms with Gasteiger partial charge in [0.05, 0.1) is 39.7 Å². The van der Waals surface area contributed by atoms with Gasteiger partial charge < -0.3 is 29.0 Å². The highest BCUT2D eigenvalue weighted by Gasteiger charge is 2.53. The van der Waals surface area contributed by atoms with Gasteiger partial charge in [0, 0.05) is 5.70 Å². The van der Waals surface area contributed by atoms with Gasteiger partial charge in [-0.25, -0.2) is 30.0 Å². The third-order valence-electron chi connectivity index (χ3n) is 4.37. The number of hydrogen-bond donors (Lipinski definition) is 3. The second kappa shape index (κ2) is 11.4. The molecule has 0 saturated carbocycles. The summed E-state index contributed by atoms with van der Waals surface area (Å²) in [6.07, 6.45) is -1.86. The minimum atomic E-state index is -2.27. The van der Waals surface area contributed by atoms with Crippen LogP contribution in [0.1, 0.15) is 20.8 Å². The van der Waals surface area contributed by atoms with Gasteiger partial charge in [-0.3, -0.25) is 4.79 Å². The number of nitrogens with one attached hydrogen (secondary N) is 3. The molecule has 0 aromatic heterocycles. The molecule has 2 atom stereocenters. The molecule has 0 bridgehead atoms. The Labute approximate surface area is 188 Å². The molecule has 33 heavy (non-hydrogen) atoms. The van der Waals surface area contributed by atoms with Crippen molar-refractivity contribution in [3.63, 3.8) is 0 Å². The summed E-state index contributed by atoms with van der Waals surface area (Å²) in [4.78, 5) is 60.7. The van der Waals surface area contributed by atoms with Gasteiger partial charge in [-0.1, -0.05) is 0 Å². The molecule has 0 radical (unpaired) electrons. The molecule has 0 aromatic rings. The summed E-state index contributed by atoms with van der Waals surface area (Å²) < 4.78 is 23.6. The van der Waals surface area contributed by atoms with Crippen molar-refractivity contribution in [1.82, 2.24) is 16.2 Å². The van der Waals surface area contributed by atoms with Crippen molar-refractivity contribution in [3.8, 4) is 0 Å². The van der Waals surface area contributed by atoms with Gasteiger partial charge in [0.1, 0.15) is 11.6 Å². The molecule has 0 saturated heterocycles. The lowest BCUT2D eigenvalue weighted by Crippen LogP contribution is -2.63. The van der Waals surface area contributed by atoms with Crippen molar-refractivity contribution in [1.29, 1.82) is 0 Å². The van der Waals surface area contributed by atoms with E-state index in [0.29, 0.717) is 0 Å². The van der Waals surface area contributed by atoms with E-state index in [-0.39, 0.29) is 22.7 Å². The highest BCUT2D eigenvalue weighted by atomic mass is 16.6. The normalized spacial score (nSPS) is 19.4. The zero-order valence-electron chi connectivity index (χ0n) is 19.1. The maximum Gasteiger partial charge on any atom is 0.427 e. The fourth-order valence-corrected chi connectivity index (χ4v) is 2.70. The fraction of sp³-hybridized carbons (Fsp3) is 0.500. The first-order chi connectivity index (χ1) is 15.5. The van der Waals surface area contributed by atoms with Gasteiger partial charge in [-0.15, -0.1) is 0 Å². The summed E-state index contributed by atoms with van der Waals surface area (Å²) in [6, 6.07) is 0. The quantitative estimate of drug-likeness (QED) is 0.188. The molecule has 2 amide bonds. The summed E-state index contributed by atoms with van der Waals surface area (Å²) in [5, 5.41) is 10.1. The third kappa shape index (κ3) is 5.96. The maximum absolute atomic E-state index is 13.0. The Morgan fingerprint density at radius 3 is 1.94 bits per heavy atom. The summed E-state index contributed by atoms with van der Waals surface area (Å²) in [7, 11) is 4.34. The average molecular weight is 471 g/mol. The van der Waals surface area contributed by atoms with Crippen LogP contribution in [0.4, 0.5) is 9.59 Å². The van der Waals surface area contributed by atoms with Crippen molar-refractivity contribution in [2.75, 3.05) is 28.4 Å². The minimum Gasteiger partial charge on any atom is -0.468 e. The van der Waals surface area contributed by atoms with E-state index in [1.807, 2.05) is 10.9 Å². The number of amides is 2. The van der Waals surface area contributed by atoms with Crippen LogP contribution < -0.4 is 16.2 Å². The molecule has 0 fully saturated rings. The summed E-state index contributed by atoms with van der Waals surface area (Å²) in [5.74, 6) is -4.52. The second-order valence-corrected chi connectivity index (χ2v) is 6.34. The van der Waals surface area contributed by atoms with Crippen LogP contribution in [0.2, 0.25) is 0 Å². The van der Waals surface area contributed by atoms with Crippen LogP contribution in [-0.2, 0) is 38.1 Å². The van der Waals surface area contributed by atoms with Gasteiger partial charge in [0.2, 0.25) is 0 Å². The first-order valence-corrected chi connectivity index (χ1v) is 9.14. The lowest BCUT2D eigenvalue weighted by molar-refractivity contribution is -0.175. The first kappa shape index (κ1) is 26.9. The zero-order valence-corrected chi connectivity index (χ0v) is 19.1. The lowest BCUT2D eigenvalue weighted by Gasteiger charge is -2.37. The number of cyclic esters (lactones) is 1. The van der Waals surface area contributed by atoms with Gasteiger partial charge in [-0.05, 0) is 20.8 Å². The van der Waals surface area contributed by atoms with E-state index in [1.165, 1.54) is 20.8 Å². The topological polar surface area (TPSA) is 192 Å². The molecule has 0 spiro atoms. The summed E-state index contributed by atoms with van der Waals surface area (Å²) in [6.45, 7) is 4.00. The van der Waals surface area contributed by atoms with Crippen molar-refractivity contribution < 1.29 is 47.7 Å². The Hall–Kier alpha value is -4.17. The standard InChI is InChI=1S/C18H25N5O10/c1-8-11(12(13(24)29-4)9(2)20-22-16(27)31-6)14(25)33-18(19-8,15(26)30-5)10(3)21-23-17(28)32-7/h12,19H,1-7H3,(H,22,27)(H,23,28)/b20-9+,21-10-. The number of ether oxygens (including phenoxy) is 5. The van der Waals surface area contributed by atoms with Crippen LogP contribution in [0.3, 0.4) is 0 Å². The van der Waals surface area contributed by atoms with Crippen LogP contribution in [0.25, 0.3) is 0 Å². The predicted octanol–water partition coefficient (Wildman–Crippen LogP) is -0.471. The molecule has 2 unspecified atom stereocenters. The molecular formula is C18H25N5O10. The van der Waals surface area contributed by atoms with Crippen molar-refractivity contribution in [2.24, 2.45) is 16.1 Å². The Bertz CT molecular complexity index is 926. The highest BCUT2D eigenvalue weighted by molar-refractivity contribution is 6.16. The van der Waals surface area contributed by atoms with Crippen LogP contribution in [0.15, 0.2) is 21.5 Å². The summed E-state index contributed by atoms with van der Waals surface area (Å²) in [5.41, 5.74) is 1.24. The number of esters is 3. The van der Waals surface area contributed by atoms with Crippen LogP contribution in [0, 0.1) is 5.92 Å². The fourth-order valence-electron chi connectivity index (χ4n) is 2.70. The van der Waals surface area contributed by atoms with E-state index in [0.717, 1.165) is 28.4 Å². The number of carbonyl (C=O) groups excluding carboxylic acids is 5. The Balaban J connectivity index is 3.54. The van der Waals surface area contributed by atoms with Gasteiger partial charge >= 0.3 is 35.8 Å². The van der Waals surface area contributed by atoms with E-state index in [2.05, 4.69) is 25.0 Å². The van der Waals surface area contributed by atoms with Crippen LogP contribution in [0.5, 0.6) is 0 Å². The molecule has 0 aliphatic carbocycles. The molecule has 15 heteroatoms. The van der Waals surface area contributed by atoms with Crippen molar-refractivity contribution in [2.45, 2.75) is 26.5 Å². The SMILES string of the molecule is COC(=O)N/N=C(/C)C1(C(=O)OC)NC(C)=C(C(C(=O)OC)/C(C)=N/NC(=O)OC)C(=O)O1. The van der Waals surface area contributed by atoms with E-state index >= 15 is 0 Å². The maximum atomic E-state index is 13.0. The molecule has 182 valence electrons. The number of rotatable bonds is 7. The molecule has 1 heterocycles. The van der Waals surface area contributed by atoms with Gasteiger partial charge in [0.15, 0.2) is 0 Å². The molecular weight excluding hydrogens is 446 g/mol. The number of hydrazone groups is 2. The van der Waals surface area contributed by atoms with E-state index in [4.69, 9.17) is 14.2 Å². The third-order valence-corrected chi connectivity index (χ3v) is 4.37. The molecule has 0 aromatic carbocycles. The Morgan fingerprint density at radius 2 is 1.48 bits per heavy atom. The molecule has 1 aliphatic heterocycles. The van der Waals surface area contributed by atoms with E-state index in [9.17, 15) is 24.0 Å². The highest BCUT2D eigenvalue weighted by Crippen LogP contribution is 2.29. The Kier molecular flexibility index (Phi) is 9.32. The van der Waals surface area contributed by atoms with Gasteiger partial charge in [-0.2, -0.15) is 10.2 Å². The molecule has 1 rings (SSSR count). The number of hydrogen-bond acceptors (Lipinski definition) is 13. The minimum absolute atomic E-state index is 0.00675.